The van der Waals surface area contributed by atoms with Gasteiger partial charge >= 0.3 is 12.1 Å². The minimum absolute atomic E-state index is 0.0829. The predicted molar refractivity (Wildman–Crippen MR) is 100 cm³/mol. The third-order valence-electron chi connectivity index (χ3n) is 4.93. The van der Waals surface area contributed by atoms with E-state index in [4.69, 9.17) is 14.2 Å². The molecule has 1 N–H and O–H groups in total. The van der Waals surface area contributed by atoms with Crippen LogP contribution in [0, 0.1) is 5.92 Å². The molecule has 1 fully saturated rings. The number of hydrogen-bond acceptors (Lipinski definition) is 6. The molecule has 1 amide bonds. The summed E-state index contributed by atoms with van der Waals surface area (Å²) in [6.45, 7) is 6.72. The van der Waals surface area contributed by atoms with E-state index in [2.05, 4.69) is 4.98 Å². The van der Waals surface area contributed by atoms with Gasteiger partial charge in [-0.05, 0) is 46.5 Å². The van der Waals surface area contributed by atoms with Gasteiger partial charge in [0.05, 0.1) is 24.4 Å². The average molecular weight is 392 g/mol. The first-order valence-corrected chi connectivity index (χ1v) is 9.70. The molecule has 8 nitrogen and oxygen atoms in total. The molecule has 1 aliphatic heterocycles. The maximum atomic E-state index is 12.9. The fourth-order valence-corrected chi connectivity index (χ4v) is 3.55. The number of rotatable bonds is 4. The Kier molecular flexibility index (Phi) is 5.96. The second-order valence-electron chi connectivity index (χ2n) is 8.27. The number of carboxylic acid groups (broad SMARTS) is 1. The molecular weight excluding hydrogens is 364 g/mol. The van der Waals surface area contributed by atoms with E-state index in [9.17, 15) is 14.7 Å². The van der Waals surface area contributed by atoms with E-state index in [0.29, 0.717) is 56.1 Å². The Hall–Kier alpha value is -2.51. The highest BCUT2D eigenvalue weighted by Gasteiger charge is 2.34. The number of carbonyl (C=O) groups excluding carboxylic acids is 1. The van der Waals surface area contributed by atoms with Crippen LogP contribution in [0.3, 0.4) is 0 Å². The summed E-state index contributed by atoms with van der Waals surface area (Å²) in [6, 6.07) is 1.70. The first-order valence-electron chi connectivity index (χ1n) is 9.70. The Balaban J connectivity index is 1.76. The van der Waals surface area contributed by atoms with Crippen LogP contribution in [-0.4, -0.2) is 51.9 Å². The van der Waals surface area contributed by atoms with E-state index >= 15 is 0 Å². The molecule has 0 bridgehead atoms. The zero-order chi connectivity index (χ0) is 20.3. The Labute approximate surface area is 164 Å². The lowest BCUT2D eigenvalue weighted by Gasteiger charge is -2.36. The van der Waals surface area contributed by atoms with Crippen LogP contribution in [0.15, 0.2) is 12.3 Å². The normalized spacial score (nSPS) is 21.7. The van der Waals surface area contributed by atoms with E-state index in [1.54, 1.807) is 17.2 Å². The number of fused-ring (bicyclic) bond motifs is 1. The second-order valence-corrected chi connectivity index (χ2v) is 8.27. The van der Waals surface area contributed by atoms with E-state index in [0.717, 1.165) is 0 Å². The van der Waals surface area contributed by atoms with Gasteiger partial charge in [0, 0.05) is 12.1 Å². The van der Waals surface area contributed by atoms with Crippen LogP contribution in [0.2, 0.25) is 0 Å². The highest BCUT2D eigenvalue weighted by molar-refractivity contribution is 5.70. The molecule has 28 heavy (non-hydrogen) atoms. The molecule has 2 heterocycles. The van der Waals surface area contributed by atoms with E-state index in [-0.39, 0.29) is 18.5 Å². The fourth-order valence-electron chi connectivity index (χ4n) is 3.55. The Morgan fingerprint density at radius 1 is 1.18 bits per heavy atom. The molecule has 0 spiro atoms. The maximum Gasteiger partial charge on any atom is 0.410 e. The quantitative estimate of drug-likeness (QED) is 0.840. The minimum atomic E-state index is -0.768. The molecule has 1 saturated carbocycles. The first-order chi connectivity index (χ1) is 13.2. The van der Waals surface area contributed by atoms with Crippen molar-refractivity contribution in [3.63, 3.8) is 0 Å². The molecule has 0 atom stereocenters. The molecule has 8 heteroatoms. The van der Waals surface area contributed by atoms with Crippen molar-refractivity contribution >= 4 is 12.1 Å². The molecule has 154 valence electrons. The van der Waals surface area contributed by atoms with Gasteiger partial charge in [0.25, 0.3) is 0 Å². The Morgan fingerprint density at radius 3 is 2.43 bits per heavy atom. The minimum Gasteiger partial charge on any atom is -0.486 e. The summed E-state index contributed by atoms with van der Waals surface area (Å²) in [5.41, 5.74) is 0.0591. The molecule has 1 aliphatic carbocycles. The summed E-state index contributed by atoms with van der Waals surface area (Å²) < 4.78 is 16.7. The van der Waals surface area contributed by atoms with Crippen LogP contribution >= 0.6 is 0 Å². The first kappa shape index (κ1) is 20.2. The van der Waals surface area contributed by atoms with Crippen LogP contribution in [0.25, 0.3) is 0 Å². The summed E-state index contributed by atoms with van der Waals surface area (Å²) in [6.07, 6.45) is 3.55. The maximum absolute atomic E-state index is 12.9. The van der Waals surface area contributed by atoms with Crippen LogP contribution in [0.4, 0.5) is 4.79 Å². The summed E-state index contributed by atoms with van der Waals surface area (Å²) in [5, 5.41) is 9.23. The van der Waals surface area contributed by atoms with Crippen LogP contribution in [0.1, 0.15) is 52.1 Å². The van der Waals surface area contributed by atoms with Gasteiger partial charge in [-0.25, -0.2) is 4.79 Å². The standard InChI is InChI=1S/C20H28N2O6/c1-20(2,3)28-19(25)22(15-6-4-13(5-7-15)18(23)24)12-14-10-16-17(11-21-14)27-9-8-26-16/h10-11,13,15H,4-9,12H2,1-3H3,(H,23,24). The lowest BCUT2D eigenvalue weighted by atomic mass is 9.85. The van der Waals surface area contributed by atoms with Gasteiger partial charge in [0.15, 0.2) is 11.5 Å². The summed E-state index contributed by atoms with van der Waals surface area (Å²) in [5.74, 6) is 0.107. The smallest absolute Gasteiger partial charge is 0.410 e. The predicted octanol–water partition coefficient (Wildman–Crippen LogP) is 3.23. The van der Waals surface area contributed by atoms with Gasteiger partial charge in [-0.3, -0.25) is 14.7 Å². The van der Waals surface area contributed by atoms with Gasteiger partial charge in [0.2, 0.25) is 0 Å². The molecule has 0 radical (unpaired) electrons. The summed E-state index contributed by atoms with van der Waals surface area (Å²) in [7, 11) is 0. The van der Waals surface area contributed by atoms with Gasteiger partial charge in [0.1, 0.15) is 18.8 Å². The molecule has 3 rings (SSSR count). The number of carbonyl (C=O) groups is 2. The van der Waals surface area contributed by atoms with Crippen molar-refractivity contribution in [2.24, 2.45) is 5.92 Å². The molecule has 2 aliphatic rings. The molecule has 0 unspecified atom stereocenters. The summed E-state index contributed by atoms with van der Waals surface area (Å²) >= 11 is 0. The second kappa shape index (κ2) is 8.24. The van der Waals surface area contributed by atoms with Crippen molar-refractivity contribution in [1.82, 2.24) is 9.88 Å². The topological polar surface area (TPSA) is 98.2 Å². The van der Waals surface area contributed by atoms with Crippen LogP contribution in [0.5, 0.6) is 11.5 Å². The Bertz CT molecular complexity index is 722. The van der Waals surface area contributed by atoms with Crippen molar-refractivity contribution in [3.8, 4) is 11.5 Å². The molecule has 1 aromatic heterocycles. The monoisotopic (exact) mass is 392 g/mol. The lowest BCUT2D eigenvalue weighted by Crippen LogP contribution is -2.45. The zero-order valence-corrected chi connectivity index (χ0v) is 16.6. The van der Waals surface area contributed by atoms with Crippen molar-refractivity contribution in [2.45, 2.75) is 64.6 Å². The van der Waals surface area contributed by atoms with E-state index in [1.165, 1.54) is 0 Å². The van der Waals surface area contributed by atoms with Gasteiger partial charge < -0.3 is 19.3 Å². The number of aliphatic carboxylic acids is 1. The lowest BCUT2D eigenvalue weighted by molar-refractivity contribution is -0.143. The number of hydrogen-bond donors (Lipinski definition) is 1. The average Bonchev–Trinajstić information content (AvgIpc) is 2.64. The third-order valence-corrected chi connectivity index (χ3v) is 4.93. The number of pyridine rings is 1. The highest BCUT2D eigenvalue weighted by Crippen LogP contribution is 2.32. The largest absolute Gasteiger partial charge is 0.486 e. The van der Waals surface area contributed by atoms with Crippen LogP contribution in [-0.2, 0) is 16.1 Å². The van der Waals surface area contributed by atoms with Crippen molar-refractivity contribution in [3.05, 3.63) is 18.0 Å². The molecule has 1 aromatic rings. The fraction of sp³-hybridized carbons (Fsp3) is 0.650. The molecular formula is C20H28N2O6. The van der Waals surface area contributed by atoms with Crippen LogP contribution < -0.4 is 9.47 Å². The highest BCUT2D eigenvalue weighted by atomic mass is 16.6. The van der Waals surface area contributed by atoms with Gasteiger partial charge in [-0.2, -0.15) is 0 Å². The number of nitrogens with zero attached hydrogens (tertiary/aromatic N) is 2. The van der Waals surface area contributed by atoms with Crippen molar-refractivity contribution in [1.29, 1.82) is 0 Å². The van der Waals surface area contributed by atoms with Gasteiger partial charge in [-0.1, -0.05) is 0 Å². The number of amides is 1. The number of ether oxygens (including phenoxy) is 3. The number of aromatic nitrogens is 1. The third kappa shape index (κ3) is 5.05. The Morgan fingerprint density at radius 2 is 1.82 bits per heavy atom. The zero-order valence-electron chi connectivity index (χ0n) is 16.6. The summed E-state index contributed by atoms with van der Waals surface area (Å²) in [4.78, 5) is 30.2. The van der Waals surface area contributed by atoms with E-state index < -0.39 is 17.7 Å². The SMILES string of the molecule is CC(C)(C)OC(=O)N(Cc1cc2c(cn1)OCCO2)C1CCC(C(=O)O)CC1. The number of carboxylic acids is 1. The van der Waals surface area contributed by atoms with E-state index in [1.807, 2.05) is 20.8 Å². The van der Waals surface area contributed by atoms with Crippen molar-refractivity contribution < 1.29 is 28.9 Å². The van der Waals surface area contributed by atoms with Crippen molar-refractivity contribution in [2.75, 3.05) is 13.2 Å². The molecule has 0 aromatic carbocycles. The van der Waals surface area contributed by atoms with Gasteiger partial charge in [-0.15, -0.1) is 0 Å². The molecule has 0 saturated heterocycles.